The minimum atomic E-state index is 0.427. The molecule has 3 nitrogen and oxygen atoms in total. The Bertz CT molecular complexity index is 172. The van der Waals surface area contributed by atoms with Gasteiger partial charge in [0.05, 0.1) is 5.71 Å². The number of nitrogens with one attached hydrogen (secondary N) is 1. The molecule has 56 valence electrons. The van der Waals surface area contributed by atoms with E-state index in [9.17, 15) is 0 Å². The molecule has 2 fully saturated rings. The third-order valence-corrected chi connectivity index (χ3v) is 2.42. The maximum atomic E-state index is 4.75. The van der Waals surface area contributed by atoms with Gasteiger partial charge in [-0.2, -0.15) is 0 Å². The first kappa shape index (κ1) is 6.16. The lowest BCUT2D eigenvalue weighted by Crippen LogP contribution is -2.12. The van der Waals surface area contributed by atoms with E-state index in [1.54, 1.807) is 7.11 Å². The molecule has 1 aliphatic carbocycles. The van der Waals surface area contributed by atoms with Crippen molar-refractivity contribution >= 4 is 5.71 Å². The summed E-state index contributed by atoms with van der Waals surface area (Å²) in [6.07, 6.45) is 2.59. The molecule has 0 aromatic rings. The molecule has 0 aromatic carbocycles. The van der Waals surface area contributed by atoms with Crippen LogP contribution in [0.4, 0.5) is 0 Å². The second-order valence-corrected chi connectivity index (χ2v) is 3.10. The molecular weight excluding hydrogens is 128 g/mol. The maximum absolute atomic E-state index is 4.75. The van der Waals surface area contributed by atoms with Crippen LogP contribution in [0.2, 0.25) is 0 Å². The summed E-state index contributed by atoms with van der Waals surface area (Å²) in [6, 6.07) is 0. The molecular formula is C7H12N2O. The molecule has 1 saturated carbocycles. The van der Waals surface area contributed by atoms with Crippen molar-refractivity contribution in [1.82, 2.24) is 5.32 Å². The van der Waals surface area contributed by atoms with Crippen LogP contribution >= 0.6 is 0 Å². The van der Waals surface area contributed by atoms with Crippen molar-refractivity contribution in [2.75, 3.05) is 20.2 Å². The van der Waals surface area contributed by atoms with Gasteiger partial charge in [-0.05, 0) is 12.8 Å². The number of oxime groups is 1. The first-order chi connectivity index (χ1) is 4.87. The smallest absolute Gasteiger partial charge is 0.106 e. The van der Waals surface area contributed by atoms with Crippen molar-refractivity contribution in [2.45, 2.75) is 12.8 Å². The van der Waals surface area contributed by atoms with Gasteiger partial charge < -0.3 is 10.2 Å². The highest BCUT2D eigenvalue weighted by Crippen LogP contribution is 2.48. The number of hydrogen-bond acceptors (Lipinski definition) is 3. The van der Waals surface area contributed by atoms with Crippen molar-refractivity contribution in [3.8, 4) is 0 Å². The standard InChI is InChI=1S/C7H12N2O/c1-10-9-6-4-8-5-7(6)2-3-7/h8H,2-5H2,1H3. The Morgan fingerprint density at radius 3 is 3.00 bits per heavy atom. The summed E-state index contributed by atoms with van der Waals surface area (Å²) in [4.78, 5) is 4.75. The molecule has 0 atom stereocenters. The fourth-order valence-corrected chi connectivity index (χ4v) is 1.57. The lowest BCUT2D eigenvalue weighted by atomic mass is 10.1. The van der Waals surface area contributed by atoms with Crippen LogP contribution < -0.4 is 5.32 Å². The minimum Gasteiger partial charge on any atom is -0.399 e. The second kappa shape index (κ2) is 1.95. The normalized spacial score (nSPS) is 31.5. The summed E-state index contributed by atoms with van der Waals surface area (Å²) in [5, 5.41) is 7.29. The zero-order valence-corrected chi connectivity index (χ0v) is 6.18. The van der Waals surface area contributed by atoms with E-state index in [-0.39, 0.29) is 0 Å². The molecule has 2 rings (SSSR count). The maximum Gasteiger partial charge on any atom is 0.106 e. The quantitative estimate of drug-likeness (QED) is 0.534. The number of rotatable bonds is 1. The van der Waals surface area contributed by atoms with Crippen LogP contribution in [0.15, 0.2) is 5.16 Å². The van der Waals surface area contributed by atoms with Gasteiger partial charge in [0.25, 0.3) is 0 Å². The molecule has 3 heteroatoms. The van der Waals surface area contributed by atoms with Gasteiger partial charge >= 0.3 is 0 Å². The average Bonchev–Trinajstić information content (AvgIpc) is 2.57. The topological polar surface area (TPSA) is 33.6 Å². The third-order valence-electron chi connectivity index (χ3n) is 2.42. The SMILES string of the molecule is CON=C1CNCC12CC2. The van der Waals surface area contributed by atoms with Gasteiger partial charge in [0.2, 0.25) is 0 Å². The Balaban J connectivity index is 2.14. The Morgan fingerprint density at radius 2 is 2.40 bits per heavy atom. The van der Waals surface area contributed by atoms with Gasteiger partial charge in [-0.3, -0.25) is 0 Å². The summed E-state index contributed by atoms with van der Waals surface area (Å²) >= 11 is 0. The predicted octanol–water partition coefficient (Wildman–Crippen LogP) is 0.372. The van der Waals surface area contributed by atoms with Crippen molar-refractivity contribution in [1.29, 1.82) is 0 Å². The van der Waals surface area contributed by atoms with Crippen molar-refractivity contribution in [2.24, 2.45) is 10.6 Å². The van der Waals surface area contributed by atoms with E-state index in [1.165, 1.54) is 18.6 Å². The highest BCUT2D eigenvalue weighted by molar-refractivity contribution is 5.95. The minimum absolute atomic E-state index is 0.427. The molecule has 1 saturated heterocycles. The van der Waals surface area contributed by atoms with Crippen LogP contribution in [0.5, 0.6) is 0 Å². The van der Waals surface area contributed by atoms with E-state index in [1.807, 2.05) is 0 Å². The summed E-state index contributed by atoms with van der Waals surface area (Å²) in [5.41, 5.74) is 1.64. The van der Waals surface area contributed by atoms with Gasteiger partial charge in [-0.1, -0.05) is 5.16 Å². The predicted molar refractivity (Wildman–Crippen MR) is 39.0 cm³/mol. The number of hydrogen-bond donors (Lipinski definition) is 1. The van der Waals surface area contributed by atoms with Crippen LogP contribution in [-0.2, 0) is 4.84 Å². The van der Waals surface area contributed by atoms with Gasteiger partial charge in [0.15, 0.2) is 0 Å². The van der Waals surface area contributed by atoms with E-state index in [2.05, 4.69) is 10.5 Å². The molecule has 1 N–H and O–H groups in total. The highest BCUT2D eigenvalue weighted by Gasteiger charge is 2.50. The first-order valence-electron chi connectivity index (χ1n) is 3.69. The van der Waals surface area contributed by atoms with Crippen LogP contribution in [0.25, 0.3) is 0 Å². The fourth-order valence-electron chi connectivity index (χ4n) is 1.57. The number of nitrogens with zero attached hydrogens (tertiary/aromatic N) is 1. The molecule has 0 bridgehead atoms. The van der Waals surface area contributed by atoms with E-state index < -0.39 is 0 Å². The van der Waals surface area contributed by atoms with Gasteiger partial charge in [0.1, 0.15) is 7.11 Å². The molecule has 0 amide bonds. The average molecular weight is 140 g/mol. The summed E-state index contributed by atoms with van der Waals surface area (Å²) in [5.74, 6) is 0. The molecule has 0 aromatic heterocycles. The zero-order valence-electron chi connectivity index (χ0n) is 6.18. The van der Waals surface area contributed by atoms with E-state index in [4.69, 9.17) is 4.84 Å². The lowest BCUT2D eigenvalue weighted by molar-refractivity contribution is 0.211. The van der Waals surface area contributed by atoms with E-state index >= 15 is 0 Å². The van der Waals surface area contributed by atoms with Crippen LogP contribution in [0, 0.1) is 5.41 Å². The molecule has 0 radical (unpaired) electrons. The van der Waals surface area contributed by atoms with Crippen molar-refractivity contribution in [3.63, 3.8) is 0 Å². The highest BCUT2D eigenvalue weighted by atomic mass is 16.6. The molecule has 2 aliphatic rings. The Morgan fingerprint density at radius 1 is 1.60 bits per heavy atom. The van der Waals surface area contributed by atoms with Crippen molar-refractivity contribution in [3.05, 3.63) is 0 Å². The van der Waals surface area contributed by atoms with Crippen molar-refractivity contribution < 1.29 is 4.84 Å². The summed E-state index contributed by atoms with van der Waals surface area (Å²) in [6.45, 7) is 2.03. The second-order valence-electron chi connectivity index (χ2n) is 3.10. The van der Waals surface area contributed by atoms with Gasteiger partial charge in [-0.25, -0.2) is 0 Å². The van der Waals surface area contributed by atoms with Gasteiger partial charge in [0, 0.05) is 18.5 Å². The van der Waals surface area contributed by atoms with Crippen LogP contribution in [0.1, 0.15) is 12.8 Å². The fraction of sp³-hybridized carbons (Fsp3) is 0.857. The van der Waals surface area contributed by atoms with Crippen LogP contribution in [-0.4, -0.2) is 25.9 Å². The molecule has 1 aliphatic heterocycles. The largest absolute Gasteiger partial charge is 0.399 e. The molecule has 0 unspecified atom stereocenters. The molecule has 1 spiro atoms. The van der Waals surface area contributed by atoms with E-state index in [0.717, 1.165) is 13.1 Å². The Labute approximate surface area is 60.4 Å². The molecule has 1 heterocycles. The monoisotopic (exact) mass is 140 g/mol. The Kier molecular flexibility index (Phi) is 1.20. The lowest BCUT2D eigenvalue weighted by Gasteiger charge is -2.02. The third kappa shape index (κ3) is 0.736. The molecule has 10 heavy (non-hydrogen) atoms. The zero-order chi connectivity index (χ0) is 7.03. The van der Waals surface area contributed by atoms with E-state index in [0.29, 0.717) is 5.41 Å². The Hall–Kier alpha value is -0.570. The summed E-state index contributed by atoms with van der Waals surface area (Å²) in [7, 11) is 1.61. The van der Waals surface area contributed by atoms with Crippen LogP contribution in [0.3, 0.4) is 0 Å². The van der Waals surface area contributed by atoms with Gasteiger partial charge in [-0.15, -0.1) is 0 Å². The summed E-state index contributed by atoms with van der Waals surface area (Å²) < 4.78 is 0. The first-order valence-corrected chi connectivity index (χ1v) is 3.69.